The van der Waals surface area contributed by atoms with Crippen LogP contribution in [0.25, 0.3) is 0 Å². The fourth-order valence-corrected chi connectivity index (χ4v) is 2.67. The first-order valence-electron chi connectivity index (χ1n) is 6.46. The van der Waals surface area contributed by atoms with E-state index in [4.69, 9.17) is 14.4 Å². The number of nitrogens with one attached hydrogen (secondary N) is 1. The molecule has 2 N–H and O–H groups in total. The van der Waals surface area contributed by atoms with E-state index in [0.717, 1.165) is 17.0 Å². The second kappa shape index (κ2) is 8.68. The van der Waals surface area contributed by atoms with Crippen LogP contribution < -0.4 is 5.32 Å². The summed E-state index contributed by atoms with van der Waals surface area (Å²) in [6.45, 7) is 3.95. The maximum Gasteiger partial charge on any atom is 0.326 e. The minimum absolute atomic E-state index is 0.181. The summed E-state index contributed by atoms with van der Waals surface area (Å²) < 4.78 is 9.86. The Morgan fingerprint density at radius 1 is 1.48 bits per heavy atom. The molecule has 0 radical (unpaired) electrons. The number of carboxylic acids is 1. The molecule has 1 unspecified atom stereocenters. The first-order valence-corrected chi connectivity index (χ1v) is 7.61. The van der Waals surface area contributed by atoms with Crippen molar-refractivity contribution < 1.29 is 24.0 Å². The summed E-state index contributed by atoms with van der Waals surface area (Å²) in [6, 6.07) is -0.919. The van der Waals surface area contributed by atoms with Gasteiger partial charge in [-0.05, 0) is 13.8 Å². The molecule has 1 aromatic rings. The Hall–Kier alpha value is -1.54. The lowest BCUT2D eigenvalue weighted by atomic mass is 10.2. The molecule has 0 aromatic carbocycles. The molecule has 0 spiro atoms. The summed E-state index contributed by atoms with van der Waals surface area (Å²) in [6.07, 6.45) is 0.242. The Kier molecular flexibility index (Phi) is 7.24. The van der Waals surface area contributed by atoms with Crippen molar-refractivity contribution >= 4 is 23.6 Å². The number of aryl methyl sites for hydroxylation is 2. The summed E-state index contributed by atoms with van der Waals surface area (Å²) in [5, 5.41) is 15.3. The van der Waals surface area contributed by atoms with Crippen molar-refractivity contribution in [1.29, 1.82) is 0 Å². The minimum atomic E-state index is -1.06. The van der Waals surface area contributed by atoms with E-state index in [1.165, 1.54) is 18.9 Å². The van der Waals surface area contributed by atoms with Gasteiger partial charge in [-0.2, -0.15) is 0 Å². The molecule has 8 heteroatoms. The van der Waals surface area contributed by atoms with E-state index in [1.54, 1.807) is 0 Å². The SMILES string of the molecule is COCCC(NC(=O)CSCc1c(C)noc1C)C(=O)O. The lowest BCUT2D eigenvalue weighted by molar-refractivity contribution is -0.142. The zero-order chi connectivity index (χ0) is 15.8. The van der Waals surface area contributed by atoms with Crippen LogP contribution >= 0.6 is 11.8 Å². The smallest absolute Gasteiger partial charge is 0.326 e. The molecule has 0 saturated heterocycles. The average molecular weight is 316 g/mol. The van der Waals surface area contributed by atoms with Crippen LogP contribution in [0.4, 0.5) is 0 Å². The largest absolute Gasteiger partial charge is 0.480 e. The molecular weight excluding hydrogens is 296 g/mol. The summed E-state index contributed by atoms with van der Waals surface area (Å²) in [7, 11) is 1.49. The van der Waals surface area contributed by atoms with Crippen molar-refractivity contribution in [2.45, 2.75) is 32.1 Å². The standard InChI is InChI=1S/C13H20N2O5S/c1-8-10(9(2)20-15-8)6-21-7-12(16)14-11(13(17)18)4-5-19-3/h11H,4-7H2,1-3H3,(H,14,16)(H,17,18). The topological polar surface area (TPSA) is 102 Å². The van der Waals surface area contributed by atoms with Gasteiger partial charge in [-0.3, -0.25) is 4.79 Å². The predicted octanol–water partition coefficient (Wildman–Crippen LogP) is 1.13. The van der Waals surface area contributed by atoms with Gasteiger partial charge in [0.15, 0.2) is 0 Å². The van der Waals surface area contributed by atoms with E-state index in [9.17, 15) is 9.59 Å². The van der Waals surface area contributed by atoms with E-state index in [0.29, 0.717) is 5.75 Å². The van der Waals surface area contributed by atoms with Crippen LogP contribution in [0.3, 0.4) is 0 Å². The number of rotatable bonds is 9. The molecule has 1 aromatic heterocycles. The van der Waals surface area contributed by atoms with Crippen LogP contribution in [0.15, 0.2) is 4.52 Å². The summed E-state index contributed by atoms with van der Waals surface area (Å²) >= 11 is 1.39. The number of hydrogen-bond donors (Lipinski definition) is 2. The van der Waals surface area contributed by atoms with Crippen molar-refractivity contribution in [3.63, 3.8) is 0 Å². The first kappa shape index (κ1) is 17.5. The highest BCUT2D eigenvalue weighted by Gasteiger charge is 2.19. The Balaban J connectivity index is 2.37. The van der Waals surface area contributed by atoms with Gasteiger partial charge < -0.3 is 19.7 Å². The van der Waals surface area contributed by atoms with Crippen LogP contribution in [0.1, 0.15) is 23.4 Å². The summed E-state index contributed by atoms with van der Waals surface area (Å²) in [5.41, 5.74) is 1.78. The fraction of sp³-hybridized carbons (Fsp3) is 0.615. The molecule has 1 atom stereocenters. The number of nitrogens with zero attached hydrogens (tertiary/aromatic N) is 1. The zero-order valence-electron chi connectivity index (χ0n) is 12.3. The highest BCUT2D eigenvalue weighted by molar-refractivity contribution is 7.99. The van der Waals surface area contributed by atoms with Gasteiger partial charge in [0.1, 0.15) is 11.8 Å². The van der Waals surface area contributed by atoms with Gasteiger partial charge in [0.2, 0.25) is 5.91 Å². The van der Waals surface area contributed by atoms with Crippen LogP contribution in [0.5, 0.6) is 0 Å². The van der Waals surface area contributed by atoms with Crippen LogP contribution in [0.2, 0.25) is 0 Å². The van der Waals surface area contributed by atoms with Crippen molar-refractivity contribution in [3.05, 3.63) is 17.0 Å². The Morgan fingerprint density at radius 2 is 2.19 bits per heavy atom. The highest BCUT2D eigenvalue weighted by Crippen LogP contribution is 2.19. The molecular formula is C13H20N2O5S. The van der Waals surface area contributed by atoms with E-state index in [1.807, 2.05) is 13.8 Å². The number of methoxy groups -OCH3 is 1. The molecule has 1 heterocycles. The quantitative estimate of drug-likeness (QED) is 0.704. The van der Waals surface area contributed by atoms with E-state index in [2.05, 4.69) is 10.5 Å². The highest BCUT2D eigenvalue weighted by atomic mass is 32.2. The third-order valence-electron chi connectivity index (χ3n) is 2.90. The number of carboxylic acid groups (broad SMARTS) is 1. The molecule has 118 valence electrons. The fourth-order valence-electron chi connectivity index (χ4n) is 1.68. The van der Waals surface area contributed by atoms with Gasteiger partial charge in [-0.25, -0.2) is 4.79 Å². The van der Waals surface area contributed by atoms with E-state index >= 15 is 0 Å². The van der Waals surface area contributed by atoms with E-state index in [-0.39, 0.29) is 24.7 Å². The Morgan fingerprint density at radius 3 is 2.71 bits per heavy atom. The molecule has 21 heavy (non-hydrogen) atoms. The second-order valence-electron chi connectivity index (χ2n) is 4.54. The minimum Gasteiger partial charge on any atom is -0.480 e. The number of ether oxygens (including phenoxy) is 1. The van der Waals surface area contributed by atoms with Gasteiger partial charge in [0, 0.05) is 31.5 Å². The van der Waals surface area contributed by atoms with Crippen LogP contribution in [0, 0.1) is 13.8 Å². The van der Waals surface area contributed by atoms with Gasteiger partial charge in [-0.15, -0.1) is 11.8 Å². The van der Waals surface area contributed by atoms with Crippen molar-refractivity contribution in [2.24, 2.45) is 0 Å². The molecule has 0 aliphatic rings. The van der Waals surface area contributed by atoms with E-state index < -0.39 is 12.0 Å². The maximum atomic E-state index is 11.7. The lowest BCUT2D eigenvalue weighted by Gasteiger charge is -2.13. The Labute approximate surface area is 127 Å². The third kappa shape index (κ3) is 5.76. The summed E-state index contributed by atoms with van der Waals surface area (Å²) in [4.78, 5) is 22.7. The molecule has 0 saturated carbocycles. The molecule has 0 fully saturated rings. The average Bonchev–Trinajstić information content (AvgIpc) is 2.74. The normalized spacial score (nSPS) is 12.1. The van der Waals surface area contributed by atoms with Crippen LogP contribution in [-0.2, 0) is 20.1 Å². The number of carbonyl (C=O) groups excluding carboxylic acids is 1. The number of thioether (sulfide) groups is 1. The molecule has 1 amide bonds. The molecule has 0 aliphatic carbocycles. The molecule has 0 bridgehead atoms. The van der Waals surface area contributed by atoms with Crippen molar-refractivity contribution in [2.75, 3.05) is 19.5 Å². The molecule has 7 nitrogen and oxygen atoms in total. The van der Waals surface area contributed by atoms with Crippen molar-refractivity contribution in [1.82, 2.24) is 10.5 Å². The second-order valence-corrected chi connectivity index (χ2v) is 5.52. The lowest BCUT2D eigenvalue weighted by Crippen LogP contribution is -2.42. The monoisotopic (exact) mass is 316 g/mol. The predicted molar refractivity (Wildman–Crippen MR) is 78.2 cm³/mol. The maximum absolute atomic E-state index is 11.7. The van der Waals surface area contributed by atoms with Gasteiger partial charge >= 0.3 is 5.97 Å². The van der Waals surface area contributed by atoms with Crippen molar-refractivity contribution in [3.8, 4) is 0 Å². The molecule has 0 aliphatic heterocycles. The zero-order valence-corrected chi connectivity index (χ0v) is 13.2. The third-order valence-corrected chi connectivity index (χ3v) is 3.86. The van der Waals surface area contributed by atoms with Gasteiger partial charge in [0.25, 0.3) is 0 Å². The van der Waals surface area contributed by atoms with Gasteiger partial charge in [0.05, 0.1) is 11.4 Å². The van der Waals surface area contributed by atoms with Gasteiger partial charge in [-0.1, -0.05) is 5.16 Å². The Bertz CT molecular complexity index is 469. The first-order chi connectivity index (χ1) is 9.95. The molecule has 1 rings (SSSR count). The number of aromatic nitrogens is 1. The summed E-state index contributed by atoms with van der Waals surface area (Å²) in [5.74, 6) is 0.154. The number of carbonyl (C=O) groups is 2. The van der Waals surface area contributed by atoms with Crippen LogP contribution in [-0.4, -0.2) is 47.7 Å². The number of amides is 1. The number of aliphatic carboxylic acids is 1. The number of hydrogen-bond acceptors (Lipinski definition) is 6.